The molecule has 0 aromatic rings. The maximum atomic E-state index is 8.33. The Balaban J connectivity index is -0.0000000150. The zero-order chi connectivity index (χ0) is 3.58. The van der Waals surface area contributed by atoms with Crippen LogP contribution in [0.1, 0.15) is 0 Å². The minimum absolute atomic E-state index is 0. The normalized spacial score (nSPS) is 3.43. The van der Waals surface area contributed by atoms with Gasteiger partial charge >= 0.3 is 71.9 Å². The maximum absolute atomic E-state index is 8.33. The van der Waals surface area contributed by atoms with Gasteiger partial charge in [0.05, 0.1) is 0 Å². The van der Waals surface area contributed by atoms with Crippen molar-refractivity contribution in [3.63, 3.8) is 0 Å². The molecule has 0 spiro atoms. The van der Waals surface area contributed by atoms with Crippen molar-refractivity contribution < 1.29 is 20.5 Å². The van der Waals surface area contributed by atoms with E-state index in [2.05, 4.69) is 0 Å². The summed E-state index contributed by atoms with van der Waals surface area (Å²) >= 11 is 0. The van der Waals surface area contributed by atoms with Crippen molar-refractivity contribution in [2.45, 2.75) is 0 Å². The summed E-state index contributed by atoms with van der Waals surface area (Å²) in [4.78, 5) is 8.33. The van der Waals surface area contributed by atoms with Crippen molar-refractivity contribution in [1.82, 2.24) is 0 Å². The summed E-state index contributed by atoms with van der Waals surface area (Å²) in [7, 11) is 0. The molecule has 0 fully saturated rings. The topological polar surface area (TPSA) is 93.2 Å². The fourth-order valence-corrected chi connectivity index (χ4v) is 0. The number of carbonyl (C=O) groups is 1. The molecule has 0 saturated heterocycles. The summed E-state index contributed by atoms with van der Waals surface area (Å²) in [5.41, 5.74) is 0. The van der Waals surface area contributed by atoms with Crippen molar-refractivity contribution >= 4 is 78.1 Å². The Bertz CT molecular complexity index is 34.7. The summed E-state index contributed by atoms with van der Waals surface area (Å²) < 4.78 is 0. The van der Waals surface area contributed by atoms with Gasteiger partial charge in [0.25, 0.3) is 0 Å². The van der Waals surface area contributed by atoms with Gasteiger partial charge in [0, 0.05) is 0 Å². The van der Waals surface area contributed by atoms with Gasteiger partial charge in [-0.2, -0.15) is 0 Å². The smallest absolute Gasteiger partial charge is 0.870 e. The molecule has 0 unspecified atom stereocenters. The molecule has 0 aliphatic carbocycles. The van der Waals surface area contributed by atoms with Crippen LogP contribution in [0.25, 0.3) is 0 Å². The Labute approximate surface area is 96.8 Å². The van der Waals surface area contributed by atoms with E-state index in [-0.39, 0.29) is 77.4 Å². The molecular weight excluding hydrogens is 238 g/mol. The van der Waals surface area contributed by atoms with Gasteiger partial charge in [0.15, 0.2) is 0 Å². The van der Waals surface area contributed by atoms with Crippen molar-refractivity contribution in [2.75, 3.05) is 0 Å². The average Bonchev–Trinajstić information content (AvgIpc) is 0.811. The van der Waals surface area contributed by atoms with E-state index in [1.165, 1.54) is 0 Å². The first-order chi connectivity index (χ1) is 1.73. The van der Waals surface area contributed by atoms with Crippen LogP contribution in [0.2, 0.25) is 0 Å². The zero-order valence-electron chi connectivity index (χ0n) is 3.59. The number of hydrogen-bond donors (Lipinski definition) is 0. The van der Waals surface area contributed by atoms with E-state index < -0.39 is 6.16 Å². The molecule has 0 rings (SSSR count). The third-order valence-corrected chi connectivity index (χ3v) is 0. The molecular formula is CHBaMgO4+. The second-order valence-corrected chi connectivity index (χ2v) is 0.250. The van der Waals surface area contributed by atoms with Gasteiger partial charge in [0.1, 0.15) is 0 Å². The predicted molar refractivity (Wildman–Crippen MR) is 18.8 cm³/mol. The molecule has 0 amide bonds. The fourth-order valence-electron chi connectivity index (χ4n) is 0. The van der Waals surface area contributed by atoms with Crippen molar-refractivity contribution in [3.05, 3.63) is 0 Å². The van der Waals surface area contributed by atoms with E-state index in [1.807, 2.05) is 0 Å². The molecule has 0 heterocycles. The second-order valence-electron chi connectivity index (χ2n) is 0.250. The van der Waals surface area contributed by atoms with Gasteiger partial charge in [0.2, 0.25) is 0 Å². The summed E-state index contributed by atoms with van der Waals surface area (Å²) in [6.45, 7) is 0. The molecule has 32 valence electrons. The molecule has 0 aromatic carbocycles. The van der Waals surface area contributed by atoms with Gasteiger partial charge < -0.3 is 20.5 Å². The van der Waals surface area contributed by atoms with Crippen molar-refractivity contribution in [2.24, 2.45) is 0 Å². The maximum Gasteiger partial charge on any atom is 2.00 e. The number of carbonyl (C=O) groups excluding carboxylic acids is 1. The van der Waals surface area contributed by atoms with E-state index in [0.717, 1.165) is 0 Å². The van der Waals surface area contributed by atoms with Crippen LogP contribution >= 0.6 is 0 Å². The second kappa shape index (κ2) is 15.6. The van der Waals surface area contributed by atoms with Crippen LogP contribution < -0.4 is 10.2 Å². The first-order valence-electron chi connectivity index (χ1n) is 0.612. The number of rotatable bonds is 0. The minimum atomic E-state index is -2.33. The monoisotopic (exact) mass is 239 g/mol. The third-order valence-electron chi connectivity index (χ3n) is 0. The minimum Gasteiger partial charge on any atom is -0.870 e. The first kappa shape index (κ1) is 23.5. The first-order valence-corrected chi connectivity index (χ1v) is 0.612. The van der Waals surface area contributed by atoms with Gasteiger partial charge in [-0.3, -0.25) is 0 Å². The molecule has 7 heavy (non-hydrogen) atoms. The average molecular weight is 239 g/mol. The van der Waals surface area contributed by atoms with E-state index in [4.69, 9.17) is 15.0 Å². The molecule has 0 bridgehead atoms. The molecule has 6 heteroatoms. The van der Waals surface area contributed by atoms with Gasteiger partial charge in [-0.25, -0.2) is 0 Å². The predicted octanol–water partition coefficient (Wildman–Crippen LogP) is -3.39. The molecule has 0 atom stereocenters. The zero-order valence-corrected chi connectivity index (χ0v) is 9.44. The molecule has 0 aliphatic rings. The van der Waals surface area contributed by atoms with Crippen LogP contribution in [-0.2, 0) is 0 Å². The molecule has 0 radical (unpaired) electrons. The van der Waals surface area contributed by atoms with Crippen LogP contribution in [0, 0.1) is 0 Å². The largest absolute Gasteiger partial charge is 2.00 e. The Morgan fingerprint density at radius 1 is 1.29 bits per heavy atom. The molecule has 1 N–H and O–H groups in total. The van der Waals surface area contributed by atoms with Crippen molar-refractivity contribution in [3.8, 4) is 0 Å². The van der Waals surface area contributed by atoms with Crippen LogP contribution in [-0.4, -0.2) is 83.6 Å². The Morgan fingerprint density at radius 3 is 1.29 bits per heavy atom. The molecule has 0 aliphatic heterocycles. The molecule has 0 saturated carbocycles. The fraction of sp³-hybridized carbons (Fsp3) is 0. The van der Waals surface area contributed by atoms with Gasteiger partial charge in [-0.15, -0.1) is 0 Å². The SMILES string of the molecule is O=C([O-])[O-].[Ba+2].[Mg+2].[OH-]. The Hall–Kier alpha value is 1.57. The summed E-state index contributed by atoms with van der Waals surface area (Å²) in [5.74, 6) is 0. The quantitative estimate of drug-likeness (QED) is 0.412. The van der Waals surface area contributed by atoms with Crippen LogP contribution in [0.15, 0.2) is 0 Å². The standard InChI is InChI=1S/CH2O3.Ba.Mg.H2O/c2-1(3)4;;;/h(H2,2,3,4);;;1H2/q;2*+2;/p-3. The van der Waals surface area contributed by atoms with E-state index in [1.54, 1.807) is 0 Å². The van der Waals surface area contributed by atoms with Crippen LogP contribution in [0.4, 0.5) is 4.79 Å². The number of hydrogen-bond acceptors (Lipinski definition) is 4. The van der Waals surface area contributed by atoms with Crippen LogP contribution in [0.3, 0.4) is 0 Å². The van der Waals surface area contributed by atoms with E-state index in [0.29, 0.717) is 0 Å². The molecule has 4 nitrogen and oxygen atoms in total. The van der Waals surface area contributed by atoms with Crippen LogP contribution in [0.5, 0.6) is 0 Å². The Morgan fingerprint density at radius 2 is 1.29 bits per heavy atom. The summed E-state index contributed by atoms with van der Waals surface area (Å²) in [6, 6.07) is 0. The van der Waals surface area contributed by atoms with Crippen molar-refractivity contribution in [1.29, 1.82) is 0 Å². The van der Waals surface area contributed by atoms with E-state index >= 15 is 0 Å². The van der Waals surface area contributed by atoms with Gasteiger partial charge in [-0.05, 0) is 6.16 Å². The Kier molecular flexibility index (Phi) is 52.6. The summed E-state index contributed by atoms with van der Waals surface area (Å²) in [6.07, 6.45) is -2.33. The van der Waals surface area contributed by atoms with Gasteiger partial charge in [-0.1, -0.05) is 0 Å². The number of carboxylic acid groups (broad SMARTS) is 2. The van der Waals surface area contributed by atoms with E-state index in [9.17, 15) is 0 Å². The summed E-state index contributed by atoms with van der Waals surface area (Å²) in [5, 5.41) is 16.7. The third kappa shape index (κ3) is 95.5. The molecule has 0 aromatic heterocycles.